The number of phenolic OH excluding ortho intramolecular Hbond substituents is 1. The van der Waals surface area contributed by atoms with Gasteiger partial charge in [0.2, 0.25) is 5.91 Å². The number of ether oxygens (including phenoxy) is 2. The Morgan fingerprint density at radius 1 is 1.37 bits per heavy atom. The molecule has 0 saturated heterocycles. The van der Waals surface area contributed by atoms with Crippen LogP contribution in [0.3, 0.4) is 0 Å². The zero-order valence-corrected chi connectivity index (χ0v) is 17.4. The minimum Gasteiger partial charge on any atom is -0.507 e. The van der Waals surface area contributed by atoms with Crippen LogP contribution in [0.5, 0.6) is 11.5 Å². The maximum absolute atomic E-state index is 12.0. The highest BCUT2D eigenvalue weighted by Crippen LogP contribution is 2.42. The maximum Gasteiger partial charge on any atom is 0.342 e. The summed E-state index contributed by atoms with van der Waals surface area (Å²) in [5.41, 5.74) is 7.97. The monoisotopic (exact) mass is 420 g/mol. The molecule has 1 aromatic rings. The molecule has 0 aromatic heterocycles. The fraction of sp³-hybridized carbons (Fsp3) is 0.476. The molecule has 1 aliphatic rings. The molecule has 0 saturated carbocycles. The number of carboxylic acids is 1. The molecular formula is C21H28N2O7. The molecule has 9 nitrogen and oxygen atoms in total. The van der Waals surface area contributed by atoms with Crippen molar-refractivity contribution in [3.8, 4) is 11.5 Å². The quantitative estimate of drug-likeness (QED) is 0.328. The van der Waals surface area contributed by atoms with Gasteiger partial charge in [0.25, 0.3) is 0 Å². The number of carboxylic acid groups (broad SMARTS) is 1. The van der Waals surface area contributed by atoms with Crippen LogP contribution < -0.4 is 15.8 Å². The molecule has 0 radical (unpaired) electrons. The van der Waals surface area contributed by atoms with Gasteiger partial charge in [-0.3, -0.25) is 9.59 Å². The molecule has 5 N–H and O–H groups in total. The van der Waals surface area contributed by atoms with E-state index in [1.165, 1.54) is 7.11 Å². The summed E-state index contributed by atoms with van der Waals surface area (Å²) in [5.74, 6) is -2.62. The van der Waals surface area contributed by atoms with Crippen LogP contribution in [0.15, 0.2) is 11.6 Å². The number of allylic oxidation sites excluding steroid dienone is 2. The number of rotatable bonds is 10. The summed E-state index contributed by atoms with van der Waals surface area (Å²) < 4.78 is 10.5. The number of hydrogen-bond donors (Lipinski definition) is 4. The number of aliphatic carboxylic acids is 1. The van der Waals surface area contributed by atoms with Gasteiger partial charge in [-0.05, 0) is 32.3 Å². The number of benzene rings is 1. The first-order valence-electron chi connectivity index (χ1n) is 9.64. The SMILES string of the molecule is COc1c(C)c2c(c(O)c1C/C=C(\C)CC(CC(=O)NCCN)C(=O)O)C(=O)OC2. The average molecular weight is 420 g/mol. The number of cyclic esters (lactones) is 1. The Hall–Kier alpha value is -3.07. The van der Waals surface area contributed by atoms with Crippen molar-refractivity contribution in [2.45, 2.75) is 39.7 Å². The maximum atomic E-state index is 12.0. The summed E-state index contributed by atoms with van der Waals surface area (Å²) in [6.45, 7) is 4.21. The second-order valence-corrected chi connectivity index (χ2v) is 7.25. The van der Waals surface area contributed by atoms with Crippen molar-refractivity contribution in [2.75, 3.05) is 20.2 Å². The van der Waals surface area contributed by atoms with Gasteiger partial charge in [-0.15, -0.1) is 0 Å². The molecular weight excluding hydrogens is 392 g/mol. The van der Waals surface area contributed by atoms with Crippen LogP contribution in [0.1, 0.15) is 46.8 Å². The second-order valence-electron chi connectivity index (χ2n) is 7.25. The minimum absolute atomic E-state index is 0.0889. The largest absolute Gasteiger partial charge is 0.507 e. The van der Waals surface area contributed by atoms with Crippen molar-refractivity contribution in [3.63, 3.8) is 0 Å². The Labute approximate surface area is 174 Å². The van der Waals surface area contributed by atoms with Crippen molar-refractivity contribution < 1.29 is 34.1 Å². The summed E-state index contributed by atoms with van der Waals surface area (Å²) in [7, 11) is 1.48. The highest BCUT2D eigenvalue weighted by molar-refractivity contribution is 5.98. The third-order valence-electron chi connectivity index (χ3n) is 5.12. The molecule has 0 bridgehead atoms. The Morgan fingerprint density at radius 3 is 2.67 bits per heavy atom. The third kappa shape index (κ3) is 5.10. The van der Waals surface area contributed by atoms with Crippen LogP contribution in [0.25, 0.3) is 0 Å². The lowest BCUT2D eigenvalue weighted by molar-refractivity contribution is -0.144. The van der Waals surface area contributed by atoms with Gasteiger partial charge < -0.3 is 30.7 Å². The Balaban J connectivity index is 2.21. The number of carbonyl (C=O) groups is 3. The van der Waals surface area contributed by atoms with Crippen molar-refractivity contribution in [2.24, 2.45) is 11.7 Å². The van der Waals surface area contributed by atoms with E-state index in [9.17, 15) is 24.6 Å². The van der Waals surface area contributed by atoms with E-state index in [0.717, 1.165) is 11.1 Å². The van der Waals surface area contributed by atoms with Crippen LogP contribution in [0, 0.1) is 12.8 Å². The topological polar surface area (TPSA) is 148 Å². The summed E-state index contributed by atoms with van der Waals surface area (Å²) in [6.07, 6.45) is 2.00. The molecule has 0 aliphatic carbocycles. The Bertz CT molecular complexity index is 877. The number of amides is 1. The molecule has 0 fully saturated rings. The number of nitrogens with one attached hydrogen (secondary N) is 1. The number of fused-ring (bicyclic) bond motifs is 1. The number of aromatic hydroxyl groups is 1. The molecule has 9 heteroatoms. The van der Waals surface area contributed by atoms with E-state index in [-0.39, 0.29) is 49.6 Å². The lowest BCUT2D eigenvalue weighted by Crippen LogP contribution is -2.32. The number of phenols is 1. The molecule has 1 amide bonds. The van der Waals surface area contributed by atoms with Crippen LogP contribution >= 0.6 is 0 Å². The normalized spacial score (nSPS) is 14.1. The van der Waals surface area contributed by atoms with E-state index in [0.29, 0.717) is 23.4 Å². The van der Waals surface area contributed by atoms with Crippen LogP contribution in [0.4, 0.5) is 0 Å². The van der Waals surface area contributed by atoms with Gasteiger partial charge in [0, 0.05) is 30.6 Å². The third-order valence-corrected chi connectivity index (χ3v) is 5.12. The lowest BCUT2D eigenvalue weighted by Gasteiger charge is -2.16. The van der Waals surface area contributed by atoms with Gasteiger partial charge in [-0.25, -0.2) is 4.79 Å². The van der Waals surface area contributed by atoms with E-state index in [1.54, 1.807) is 19.9 Å². The number of hydrogen-bond acceptors (Lipinski definition) is 7. The van der Waals surface area contributed by atoms with Gasteiger partial charge in [0.05, 0.1) is 13.0 Å². The predicted octanol–water partition coefficient (Wildman–Crippen LogP) is 1.42. The average Bonchev–Trinajstić information content (AvgIpc) is 3.09. The Morgan fingerprint density at radius 2 is 2.07 bits per heavy atom. The lowest BCUT2D eigenvalue weighted by atomic mass is 9.93. The zero-order chi connectivity index (χ0) is 22.4. The van der Waals surface area contributed by atoms with Crippen molar-refractivity contribution in [3.05, 3.63) is 33.9 Å². The summed E-state index contributed by atoms with van der Waals surface area (Å²) in [4.78, 5) is 35.4. The van der Waals surface area contributed by atoms with E-state index < -0.39 is 17.9 Å². The van der Waals surface area contributed by atoms with Gasteiger partial charge in [-0.2, -0.15) is 0 Å². The number of carbonyl (C=O) groups excluding carboxylic acids is 2. The first kappa shape index (κ1) is 23.2. The summed E-state index contributed by atoms with van der Waals surface area (Å²) >= 11 is 0. The number of nitrogens with two attached hydrogens (primary N) is 1. The molecule has 2 rings (SSSR count). The van der Waals surface area contributed by atoms with Gasteiger partial charge in [0.1, 0.15) is 23.7 Å². The standard InChI is InChI=1S/C21H28N2O7/c1-11(8-13(20(26)27)9-16(24)23-7-6-22)4-5-14-18(25)17-15(10-30-21(17)28)12(2)19(14)29-3/h4,13,25H,5-10,22H2,1-3H3,(H,23,24)(H,26,27)/b11-4+. The van der Waals surface area contributed by atoms with E-state index in [4.69, 9.17) is 15.2 Å². The first-order chi connectivity index (χ1) is 14.2. The van der Waals surface area contributed by atoms with E-state index in [2.05, 4.69) is 5.32 Å². The van der Waals surface area contributed by atoms with Gasteiger partial charge in [-0.1, -0.05) is 11.6 Å². The number of esters is 1. The van der Waals surface area contributed by atoms with E-state index >= 15 is 0 Å². The number of methoxy groups -OCH3 is 1. The molecule has 1 aliphatic heterocycles. The van der Waals surface area contributed by atoms with Crippen LogP contribution in [-0.2, 0) is 27.4 Å². The first-order valence-corrected chi connectivity index (χ1v) is 9.64. The van der Waals surface area contributed by atoms with Crippen LogP contribution in [0.2, 0.25) is 0 Å². The van der Waals surface area contributed by atoms with Gasteiger partial charge >= 0.3 is 11.9 Å². The molecule has 1 heterocycles. The molecule has 1 aromatic carbocycles. The highest BCUT2D eigenvalue weighted by atomic mass is 16.5. The molecule has 1 atom stereocenters. The fourth-order valence-corrected chi connectivity index (χ4v) is 3.53. The van der Waals surface area contributed by atoms with Crippen molar-refractivity contribution in [1.29, 1.82) is 0 Å². The highest BCUT2D eigenvalue weighted by Gasteiger charge is 2.32. The molecule has 0 spiro atoms. The molecule has 1 unspecified atom stereocenters. The smallest absolute Gasteiger partial charge is 0.342 e. The van der Waals surface area contributed by atoms with Gasteiger partial charge in [0.15, 0.2) is 0 Å². The van der Waals surface area contributed by atoms with Crippen molar-refractivity contribution >= 4 is 17.8 Å². The summed E-state index contributed by atoms with van der Waals surface area (Å²) in [6, 6.07) is 0. The predicted molar refractivity (Wildman–Crippen MR) is 108 cm³/mol. The zero-order valence-electron chi connectivity index (χ0n) is 17.4. The van der Waals surface area contributed by atoms with E-state index in [1.807, 2.05) is 0 Å². The molecule has 30 heavy (non-hydrogen) atoms. The molecule has 164 valence electrons. The minimum atomic E-state index is -1.07. The summed E-state index contributed by atoms with van der Waals surface area (Å²) in [5, 5.41) is 22.6. The fourth-order valence-electron chi connectivity index (χ4n) is 3.53. The van der Waals surface area contributed by atoms with Crippen molar-refractivity contribution in [1.82, 2.24) is 5.32 Å². The Kier molecular flexibility index (Phi) is 7.82. The second kappa shape index (κ2) is 10.1. The van der Waals surface area contributed by atoms with Crippen LogP contribution in [-0.4, -0.2) is 48.3 Å².